The third-order valence-corrected chi connectivity index (χ3v) is 5.58. The summed E-state index contributed by atoms with van der Waals surface area (Å²) in [6.07, 6.45) is 1.35. The summed E-state index contributed by atoms with van der Waals surface area (Å²) in [5, 5.41) is 4.54. The molecule has 24 heavy (non-hydrogen) atoms. The monoisotopic (exact) mass is 346 g/mol. The minimum atomic E-state index is -3.63. The number of nitrogens with one attached hydrogen (secondary N) is 1. The largest absolute Gasteiger partial charge is 0.356 e. The molecule has 1 atom stereocenters. The standard InChI is InChI=1S/C17H15FN2O3S/c18-12-7-5-11-6-8-15(14(11)9-12)20-24(21,22)10-16-13-3-1-2-4-17(13)23-19-16/h1-5,7,9,15,20H,6,8,10H2. The van der Waals surface area contributed by atoms with Crippen molar-refractivity contribution in [1.29, 1.82) is 0 Å². The number of hydrogen-bond donors (Lipinski definition) is 1. The Morgan fingerprint density at radius 1 is 1.25 bits per heavy atom. The lowest BCUT2D eigenvalue weighted by atomic mass is 10.1. The molecule has 0 fully saturated rings. The second-order valence-electron chi connectivity index (χ2n) is 5.94. The predicted molar refractivity (Wildman–Crippen MR) is 87.2 cm³/mol. The van der Waals surface area contributed by atoms with E-state index in [4.69, 9.17) is 4.52 Å². The van der Waals surface area contributed by atoms with Crippen molar-refractivity contribution in [1.82, 2.24) is 9.88 Å². The van der Waals surface area contributed by atoms with Gasteiger partial charge in [0, 0.05) is 11.4 Å². The van der Waals surface area contributed by atoms with Gasteiger partial charge in [0.15, 0.2) is 5.58 Å². The van der Waals surface area contributed by atoms with Crippen LogP contribution in [0.1, 0.15) is 29.3 Å². The van der Waals surface area contributed by atoms with Crippen LogP contribution in [0.15, 0.2) is 47.0 Å². The summed E-state index contributed by atoms with van der Waals surface area (Å²) in [7, 11) is -3.63. The zero-order valence-electron chi connectivity index (χ0n) is 12.7. The molecular formula is C17H15FN2O3S. The first-order chi connectivity index (χ1) is 11.5. The van der Waals surface area contributed by atoms with E-state index in [9.17, 15) is 12.8 Å². The van der Waals surface area contributed by atoms with E-state index in [0.29, 0.717) is 28.6 Å². The second-order valence-corrected chi connectivity index (χ2v) is 7.69. The minimum absolute atomic E-state index is 0.273. The molecule has 2 aromatic carbocycles. The van der Waals surface area contributed by atoms with Gasteiger partial charge in [-0.1, -0.05) is 23.4 Å². The van der Waals surface area contributed by atoms with E-state index >= 15 is 0 Å². The third-order valence-electron chi connectivity index (χ3n) is 4.29. The zero-order valence-corrected chi connectivity index (χ0v) is 13.5. The van der Waals surface area contributed by atoms with Crippen molar-refractivity contribution < 1.29 is 17.3 Å². The van der Waals surface area contributed by atoms with Gasteiger partial charge >= 0.3 is 0 Å². The van der Waals surface area contributed by atoms with Crippen molar-refractivity contribution in [3.8, 4) is 0 Å². The van der Waals surface area contributed by atoms with Gasteiger partial charge in [-0.3, -0.25) is 0 Å². The Morgan fingerprint density at radius 2 is 2.08 bits per heavy atom. The van der Waals surface area contributed by atoms with Gasteiger partial charge in [0.2, 0.25) is 10.0 Å². The van der Waals surface area contributed by atoms with E-state index in [1.165, 1.54) is 12.1 Å². The maximum absolute atomic E-state index is 13.4. The van der Waals surface area contributed by atoms with Gasteiger partial charge in [-0.25, -0.2) is 17.5 Å². The minimum Gasteiger partial charge on any atom is -0.356 e. The molecule has 1 aliphatic rings. The Labute approximate surface area is 138 Å². The molecule has 0 amide bonds. The third kappa shape index (κ3) is 2.81. The fraction of sp³-hybridized carbons (Fsp3) is 0.235. The molecule has 7 heteroatoms. The normalized spacial score (nSPS) is 17.3. The highest BCUT2D eigenvalue weighted by Gasteiger charge is 2.28. The van der Waals surface area contributed by atoms with Crippen LogP contribution < -0.4 is 4.72 Å². The molecule has 3 aromatic rings. The number of aryl methyl sites for hydroxylation is 1. The summed E-state index contributed by atoms with van der Waals surface area (Å²) >= 11 is 0. The van der Waals surface area contributed by atoms with Crippen molar-refractivity contribution >= 4 is 21.0 Å². The van der Waals surface area contributed by atoms with Gasteiger partial charge in [0.05, 0.1) is 0 Å². The molecule has 0 saturated carbocycles. The van der Waals surface area contributed by atoms with E-state index in [2.05, 4.69) is 9.88 Å². The Bertz CT molecular complexity index is 1010. The lowest BCUT2D eigenvalue weighted by Gasteiger charge is -2.14. The van der Waals surface area contributed by atoms with Crippen molar-refractivity contribution in [3.63, 3.8) is 0 Å². The fourth-order valence-corrected chi connectivity index (χ4v) is 4.51. The Kier molecular flexibility index (Phi) is 3.62. The molecule has 1 aliphatic carbocycles. The van der Waals surface area contributed by atoms with Crippen LogP contribution in [0, 0.1) is 5.82 Å². The fourth-order valence-electron chi connectivity index (χ4n) is 3.18. The molecule has 5 nitrogen and oxygen atoms in total. The SMILES string of the molecule is O=S(=O)(Cc1noc2ccccc12)NC1CCc2ccc(F)cc21. The van der Waals surface area contributed by atoms with Gasteiger partial charge in [-0.05, 0) is 48.2 Å². The highest BCUT2D eigenvalue weighted by molar-refractivity contribution is 7.88. The molecule has 1 N–H and O–H groups in total. The Hall–Kier alpha value is -2.25. The number of fused-ring (bicyclic) bond motifs is 2. The number of hydrogen-bond acceptors (Lipinski definition) is 4. The molecule has 0 bridgehead atoms. The van der Waals surface area contributed by atoms with Gasteiger partial charge in [0.25, 0.3) is 0 Å². The van der Waals surface area contributed by atoms with Crippen LogP contribution in [0.25, 0.3) is 11.0 Å². The average molecular weight is 346 g/mol. The summed E-state index contributed by atoms with van der Waals surface area (Å²) in [5.74, 6) is -0.632. The van der Waals surface area contributed by atoms with Crippen LogP contribution in [0.2, 0.25) is 0 Å². The van der Waals surface area contributed by atoms with Crippen LogP contribution in [-0.4, -0.2) is 13.6 Å². The molecule has 1 heterocycles. The van der Waals surface area contributed by atoms with Crippen LogP contribution in [0.5, 0.6) is 0 Å². The number of aromatic nitrogens is 1. The van der Waals surface area contributed by atoms with E-state index < -0.39 is 16.1 Å². The summed E-state index contributed by atoms with van der Waals surface area (Å²) in [5.41, 5.74) is 2.62. The second kappa shape index (κ2) is 5.68. The van der Waals surface area contributed by atoms with Crippen molar-refractivity contribution in [2.45, 2.75) is 24.6 Å². The smallest absolute Gasteiger partial charge is 0.218 e. The van der Waals surface area contributed by atoms with Gasteiger partial charge in [-0.15, -0.1) is 0 Å². The molecule has 124 valence electrons. The Balaban J connectivity index is 1.58. The molecule has 1 aromatic heterocycles. The maximum Gasteiger partial charge on any atom is 0.218 e. The summed E-state index contributed by atoms with van der Waals surface area (Å²) in [4.78, 5) is 0. The molecule has 1 unspecified atom stereocenters. The molecular weight excluding hydrogens is 331 g/mol. The Morgan fingerprint density at radius 3 is 2.96 bits per heavy atom. The lowest BCUT2D eigenvalue weighted by molar-refractivity contribution is 0.448. The van der Waals surface area contributed by atoms with Crippen LogP contribution >= 0.6 is 0 Å². The number of benzene rings is 2. The molecule has 0 spiro atoms. The van der Waals surface area contributed by atoms with Gasteiger partial charge in [-0.2, -0.15) is 0 Å². The average Bonchev–Trinajstić information content (AvgIpc) is 3.12. The number of halogens is 1. The quantitative estimate of drug-likeness (QED) is 0.788. The molecule has 0 radical (unpaired) electrons. The first-order valence-corrected chi connectivity index (χ1v) is 9.29. The van der Waals surface area contributed by atoms with E-state index in [-0.39, 0.29) is 11.6 Å². The number of sulfonamides is 1. The summed E-state index contributed by atoms with van der Waals surface area (Å²) in [6, 6.07) is 11.2. The number of nitrogens with zero attached hydrogens (tertiary/aromatic N) is 1. The summed E-state index contributed by atoms with van der Waals surface area (Å²) < 4.78 is 46.3. The van der Waals surface area contributed by atoms with Crippen LogP contribution in [0.3, 0.4) is 0 Å². The van der Waals surface area contributed by atoms with Crippen LogP contribution in [-0.2, 0) is 22.2 Å². The van der Waals surface area contributed by atoms with Crippen molar-refractivity contribution in [2.75, 3.05) is 0 Å². The van der Waals surface area contributed by atoms with Crippen molar-refractivity contribution in [2.24, 2.45) is 0 Å². The molecule has 0 saturated heterocycles. The first kappa shape index (κ1) is 15.3. The molecule has 0 aliphatic heterocycles. The first-order valence-electron chi connectivity index (χ1n) is 7.63. The highest BCUT2D eigenvalue weighted by atomic mass is 32.2. The van der Waals surface area contributed by atoms with Crippen LogP contribution in [0.4, 0.5) is 4.39 Å². The van der Waals surface area contributed by atoms with E-state index in [1.807, 2.05) is 0 Å². The highest BCUT2D eigenvalue weighted by Crippen LogP contribution is 2.32. The van der Waals surface area contributed by atoms with Gasteiger partial charge in [0.1, 0.15) is 17.3 Å². The maximum atomic E-state index is 13.4. The molecule has 4 rings (SSSR count). The lowest BCUT2D eigenvalue weighted by Crippen LogP contribution is -2.28. The van der Waals surface area contributed by atoms with E-state index in [1.54, 1.807) is 30.3 Å². The predicted octanol–water partition coefficient (Wildman–Crippen LogP) is 3.07. The topological polar surface area (TPSA) is 72.2 Å². The number of para-hydroxylation sites is 1. The van der Waals surface area contributed by atoms with Crippen molar-refractivity contribution in [3.05, 3.63) is 65.1 Å². The number of rotatable bonds is 4. The zero-order chi connectivity index (χ0) is 16.7. The summed E-state index contributed by atoms with van der Waals surface area (Å²) in [6.45, 7) is 0. The van der Waals surface area contributed by atoms with E-state index in [0.717, 1.165) is 12.0 Å². The van der Waals surface area contributed by atoms with Gasteiger partial charge < -0.3 is 4.52 Å².